The second-order valence-electron chi connectivity index (χ2n) is 20.7. The Hall–Kier alpha value is -2.63. The van der Waals surface area contributed by atoms with Crippen LogP contribution in [0.2, 0.25) is 0 Å². The van der Waals surface area contributed by atoms with Gasteiger partial charge in [-0.1, -0.05) is 90.4 Å². The number of fused-ring (bicyclic) bond motifs is 7. The van der Waals surface area contributed by atoms with Gasteiger partial charge in [0.2, 0.25) is 5.91 Å². The number of allylic oxidation sites excluding steroid dienone is 1. The van der Waals surface area contributed by atoms with Gasteiger partial charge in [-0.3, -0.25) is 14.4 Å². The molecule has 10 atom stereocenters. The average molecular weight is 716 g/mol. The summed E-state index contributed by atoms with van der Waals surface area (Å²) < 4.78 is 6.28. The molecule has 6 rings (SSSR count). The predicted octanol–water partition coefficient (Wildman–Crippen LogP) is 10.5. The molecule has 0 saturated heterocycles. The Balaban J connectivity index is 1.21. The molecule has 0 aromatic heterocycles. The number of carboxylic acid groups (broad SMARTS) is 1. The Morgan fingerprint density at radius 2 is 1.56 bits per heavy atom. The summed E-state index contributed by atoms with van der Waals surface area (Å²) in [6.45, 7) is 25.7. The van der Waals surface area contributed by atoms with Crippen molar-refractivity contribution in [2.45, 2.75) is 158 Å². The van der Waals surface area contributed by atoms with E-state index >= 15 is 0 Å². The van der Waals surface area contributed by atoms with Crippen LogP contribution >= 0.6 is 0 Å². The number of benzene rings is 1. The zero-order valence-electron chi connectivity index (χ0n) is 34.0. The fraction of sp³-hybridized carbons (Fsp3) is 0.761. The quantitative estimate of drug-likeness (QED) is 0.186. The molecule has 1 aromatic carbocycles. The number of esters is 1. The van der Waals surface area contributed by atoms with E-state index in [0.29, 0.717) is 42.6 Å². The zero-order chi connectivity index (χ0) is 38.1. The van der Waals surface area contributed by atoms with E-state index in [4.69, 9.17) is 4.74 Å². The molecule has 0 bridgehead atoms. The van der Waals surface area contributed by atoms with E-state index in [2.05, 4.69) is 84.6 Å². The van der Waals surface area contributed by atoms with Crippen LogP contribution < -0.4 is 5.32 Å². The predicted molar refractivity (Wildman–Crippen MR) is 207 cm³/mol. The first kappa shape index (κ1) is 39.1. The first-order valence-corrected chi connectivity index (χ1v) is 20.6. The maximum atomic E-state index is 13.8. The molecule has 288 valence electrons. The lowest BCUT2D eigenvalue weighted by Crippen LogP contribution is -2.67. The van der Waals surface area contributed by atoms with Crippen LogP contribution in [0.15, 0.2) is 36.4 Å². The first-order chi connectivity index (χ1) is 24.2. The number of carbonyl (C=O) groups excluding carboxylic acids is 2. The summed E-state index contributed by atoms with van der Waals surface area (Å²) in [7, 11) is 0. The van der Waals surface area contributed by atoms with Crippen molar-refractivity contribution < 1.29 is 24.2 Å². The number of carbonyl (C=O) groups is 3. The van der Waals surface area contributed by atoms with Crippen molar-refractivity contribution in [3.05, 3.63) is 47.5 Å². The van der Waals surface area contributed by atoms with Crippen LogP contribution in [0.5, 0.6) is 0 Å². The molecule has 2 N–H and O–H groups in total. The highest BCUT2D eigenvalue weighted by atomic mass is 16.5. The minimum Gasteiger partial charge on any atom is -0.481 e. The van der Waals surface area contributed by atoms with E-state index in [-0.39, 0.29) is 57.9 Å². The van der Waals surface area contributed by atoms with E-state index < -0.39 is 11.4 Å². The van der Waals surface area contributed by atoms with E-state index in [1.807, 2.05) is 13.8 Å². The van der Waals surface area contributed by atoms with Crippen molar-refractivity contribution in [3.63, 3.8) is 0 Å². The highest BCUT2D eigenvalue weighted by Crippen LogP contribution is 2.78. The van der Waals surface area contributed by atoms with Gasteiger partial charge in [0.15, 0.2) is 0 Å². The molecule has 0 spiro atoms. The summed E-state index contributed by atoms with van der Waals surface area (Å²) >= 11 is 0. The number of hydrogen-bond acceptors (Lipinski definition) is 4. The van der Waals surface area contributed by atoms with Gasteiger partial charge in [0.05, 0.1) is 12.8 Å². The van der Waals surface area contributed by atoms with Crippen LogP contribution in [-0.4, -0.2) is 29.1 Å². The van der Waals surface area contributed by atoms with E-state index in [9.17, 15) is 19.5 Å². The number of ether oxygens (including phenoxy) is 1. The van der Waals surface area contributed by atoms with E-state index in [1.165, 1.54) is 36.8 Å². The van der Waals surface area contributed by atoms with Gasteiger partial charge in [-0.05, 0) is 140 Å². The topological polar surface area (TPSA) is 92.7 Å². The van der Waals surface area contributed by atoms with Crippen molar-refractivity contribution in [2.24, 2.45) is 62.1 Å². The Morgan fingerprint density at radius 3 is 2.21 bits per heavy atom. The Kier molecular flexibility index (Phi) is 10.2. The number of nitrogens with one attached hydrogen (secondary N) is 1. The van der Waals surface area contributed by atoms with Crippen molar-refractivity contribution in [3.8, 4) is 0 Å². The lowest BCUT2D eigenvalue weighted by molar-refractivity contribution is -0.250. The van der Waals surface area contributed by atoms with Gasteiger partial charge in [0, 0.05) is 18.4 Å². The maximum absolute atomic E-state index is 13.8. The molecule has 52 heavy (non-hydrogen) atoms. The number of rotatable bonds is 10. The zero-order valence-corrected chi connectivity index (χ0v) is 34.0. The number of aryl methyl sites for hydroxylation is 1. The monoisotopic (exact) mass is 716 g/mol. The third-order valence-corrected chi connectivity index (χ3v) is 16.8. The van der Waals surface area contributed by atoms with Gasteiger partial charge >= 0.3 is 11.9 Å². The van der Waals surface area contributed by atoms with E-state index in [0.717, 1.165) is 44.1 Å². The maximum Gasteiger partial charge on any atom is 0.306 e. The van der Waals surface area contributed by atoms with Crippen LogP contribution in [0, 0.1) is 69.0 Å². The first-order valence-electron chi connectivity index (χ1n) is 20.6. The summed E-state index contributed by atoms with van der Waals surface area (Å²) in [5.41, 5.74) is 3.48. The average Bonchev–Trinajstić information content (AvgIpc) is 3.41. The smallest absolute Gasteiger partial charge is 0.306 e. The molecule has 6 nitrogen and oxygen atoms in total. The van der Waals surface area contributed by atoms with Gasteiger partial charge in [-0.25, -0.2) is 0 Å². The fourth-order valence-corrected chi connectivity index (χ4v) is 14.1. The SMILES string of the molecule is C=C(C)[C@@H]1CC[C@]2(CC(=O)NCc3ccc(C)cc3)CC[C@]3(C)[C@H](CC[C@@H]4[C@@]5(C)CC[C@H](OC(=O)CC(C)(C)CC(=O)O)C(C)(C)[C@@H]5CC[C@]43C)[C@@H]12. The molecular weight excluding hydrogens is 647 g/mol. The molecule has 5 aliphatic carbocycles. The summed E-state index contributed by atoms with van der Waals surface area (Å²) in [6, 6.07) is 8.48. The van der Waals surface area contributed by atoms with Crippen LogP contribution in [0.1, 0.15) is 150 Å². The molecule has 5 aliphatic rings. The molecule has 1 amide bonds. The third-order valence-electron chi connectivity index (χ3n) is 16.8. The number of hydrogen-bond donors (Lipinski definition) is 2. The number of amides is 1. The molecule has 0 unspecified atom stereocenters. The lowest BCUT2D eigenvalue weighted by atomic mass is 9.32. The van der Waals surface area contributed by atoms with Gasteiger partial charge in [-0.15, -0.1) is 0 Å². The number of aliphatic carboxylic acids is 1. The van der Waals surface area contributed by atoms with E-state index in [1.54, 1.807) is 0 Å². The minimum atomic E-state index is -0.883. The van der Waals surface area contributed by atoms with Crippen molar-refractivity contribution >= 4 is 17.8 Å². The van der Waals surface area contributed by atoms with Crippen LogP contribution in [0.25, 0.3) is 0 Å². The highest BCUT2D eigenvalue weighted by Gasteiger charge is 2.71. The summed E-state index contributed by atoms with van der Waals surface area (Å²) in [5.74, 6) is 1.66. The molecule has 5 fully saturated rings. The second-order valence-corrected chi connectivity index (χ2v) is 20.7. The van der Waals surface area contributed by atoms with Crippen molar-refractivity contribution in [2.75, 3.05) is 0 Å². The molecule has 0 radical (unpaired) electrons. The van der Waals surface area contributed by atoms with Gasteiger partial charge in [-0.2, -0.15) is 0 Å². The van der Waals surface area contributed by atoms with Crippen molar-refractivity contribution in [1.82, 2.24) is 5.32 Å². The highest BCUT2D eigenvalue weighted by molar-refractivity contribution is 5.77. The Morgan fingerprint density at radius 1 is 0.865 bits per heavy atom. The van der Waals surface area contributed by atoms with Gasteiger partial charge in [0.1, 0.15) is 6.10 Å². The summed E-state index contributed by atoms with van der Waals surface area (Å²) in [4.78, 5) is 38.4. The number of carboxylic acids is 1. The molecule has 0 heterocycles. The summed E-state index contributed by atoms with van der Waals surface area (Å²) in [5, 5.41) is 12.7. The van der Waals surface area contributed by atoms with Crippen LogP contribution in [0.4, 0.5) is 0 Å². The summed E-state index contributed by atoms with van der Waals surface area (Å²) in [6.07, 6.45) is 11.8. The largest absolute Gasteiger partial charge is 0.481 e. The minimum absolute atomic E-state index is 0.0401. The third kappa shape index (κ3) is 6.58. The van der Waals surface area contributed by atoms with Crippen LogP contribution in [0.3, 0.4) is 0 Å². The van der Waals surface area contributed by atoms with Gasteiger partial charge < -0.3 is 15.2 Å². The Labute approximate surface area is 314 Å². The second kappa shape index (κ2) is 13.6. The molecular formula is C46H69NO5. The lowest BCUT2D eigenvalue weighted by Gasteiger charge is -2.73. The van der Waals surface area contributed by atoms with Gasteiger partial charge in [0.25, 0.3) is 0 Å². The molecule has 6 heteroatoms. The van der Waals surface area contributed by atoms with Crippen molar-refractivity contribution in [1.29, 1.82) is 0 Å². The normalized spacial score (nSPS) is 39.2. The fourth-order valence-electron chi connectivity index (χ4n) is 14.1. The molecule has 1 aromatic rings. The van der Waals surface area contributed by atoms with Crippen LogP contribution in [-0.2, 0) is 25.7 Å². The molecule has 5 saturated carbocycles. The standard InChI is InChI=1S/C46H69NO5/c1-29(2)32-17-22-46(25-37(48)47-28-31-13-11-30(3)12-14-31)24-23-44(9)33(40(32)46)15-16-35-43(8)20-19-36(42(6,7)34(43)18-21-45(35,44)10)52-39(51)27-41(4,5)26-38(49)50/h11-14,32-36,40H,1,15-28H2,2-10H3,(H,47,48)(H,49,50)/t32-,33+,34-,35+,36-,40+,43-,44+,45+,46+/m0/s1. The molecule has 0 aliphatic heterocycles. The Bertz CT molecular complexity index is 1560.